The second-order valence-corrected chi connectivity index (χ2v) is 7.00. The summed E-state index contributed by atoms with van der Waals surface area (Å²) in [6.07, 6.45) is 7.74. The van der Waals surface area contributed by atoms with Gasteiger partial charge in [-0.05, 0) is 31.9 Å². The Kier molecular flexibility index (Phi) is 6.42. The molecule has 1 saturated carbocycles. The second kappa shape index (κ2) is 9.17. The lowest BCUT2D eigenvalue weighted by Gasteiger charge is -2.30. The number of phenolic OH excluding ortho intramolecular Hbond substituents is 1. The van der Waals surface area contributed by atoms with E-state index in [2.05, 4.69) is 5.32 Å². The summed E-state index contributed by atoms with van der Waals surface area (Å²) in [7, 11) is 0. The predicted molar refractivity (Wildman–Crippen MR) is 109 cm³/mol. The van der Waals surface area contributed by atoms with Gasteiger partial charge in [-0.25, -0.2) is 0 Å². The fourth-order valence-electron chi connectivity index (χ4n) is 3.45. The fourth-order valence-corrected chi connectivity index (χ4v) is 3.45. The van der Waals surface area contributed by atoms with Crippen LogP contribution in [0, 0.1) is 0 Å². The van der Waals surface area contributed by atoms with E-state index in [-0.39, 0.29) is 23.6 Å². The number of aliphatic imine (C=N–C) groups is 1. The Morgan fingerprint density at radius 3 is 2.56 bits per heavy atom. The van der Waals surface area contributed by atoms with Crippen molar-refractivity contribution in [3.05, 3.63) is 77.5 Å². The summed E-state index contributed by atoms with van der Waals surface area (Å²) in [4.78, 5) is 17.1. The van der Waals surface area contributed by atoms with E-state index in [1.807, 2.05) is 49.4 Å². The summed E-state index contributed by atoms with van der Waals surface area (Å²) in [5.41, 5.74) is 2.28. The zero-order chi connectivity index (χ0) is 19.1. The maximum absolute atomic E-state index is 12.4. The van der Waals surface area contributed by atoms with Crippen molar-refractivity contribution >= 4 is 12.0 Å². The van der Waals surface area contributed by atoms with Gasteiger partial charge >= 0.3 is 0 Å². The number of benzene rings is 2. The van der Waals surface area contributed by atoms with Gasteiger partial charge in [0.2, 0.25) is 0 Å². The molecule has 140 valence electrons. The van der Waals surface area contributed by atoms with Crippen molar-refractivity contribution in [1.82, 2.24) is 5.32 Å². The number of rotatable bonds is 6. The first-order valence-electron chi connectivity index (χ1n) is 9.49. The normalized spacial score (nSPS) is 20.6. The second-order valence-electron chi connectivity index (χ2n) is 7.00. The topological polar surface area (TPSA) is 61.7 Å². The average molecular weight is 362 g/mol. The minimum atomic E-state index is 0.00525. The van der Waals surface area contributed by atoms with Gasteiger partial charge in [0, 0.05) is 35.2 Å². The van der Waals surface area contributed by atoms with E-state index in [1.165, 1.54) is 0 Å². The highest BCUT2D eigenvalue weighted by Crippen LogP contribution is 2.23. The molecular formula is C23H26N2O2. The van der Waals surface area contributed by atoms with E-state index >= 15 is 0 Å². The number of hydrogen-bond donors (Lipinski definition) is 2. The molecule has 4 heteroatoms. The molecule has 0 spiro atoms. The highest BCUT2D eigenvalue weighted by Gasteiger charge is 2.24. The molecule has 2 atom stereocenters. The third-order valence-electron chi connectivity index (χ3n) is 4.89. The van der Waals surface area contributed by atoms with Crippen LogP contribution in [0.25, 0.3) is 0 Å². The molecule has 0 radical (unpaired) electrons. The molecule has 1 aliphatic carbocycles. The molecule has 0 aliphatic heterocycles. The molecule has 4 nitrogen and oxygen atoms in total. The van der Waals surface area contributed by atoms with Crippen LogP contribution in [0.5, 0.6) is 5.75 Å². The quantitative estimate of drug-likeness (QED) is 0.452. The predicted octanol–water partition coefficient (Wildman–Crippen LogP) is 4.50. The van der Waals surface area contributed by atoms with E-state index in [1.54, 1.807) is 24.4 Å². The molecule has 0 heterocycles. The molecule has 0 bridgehead atoms. The summed E-state index contributed by atoms with van der Waals surface area (Å²) in [5, 5.41) is 13.4. The summed E-state index contributed by atoms with van der Waals surface area (Å²) in [5.74, 6) is 0.247. The molecule has 27 heavy (non-hydrogen) atoms. The standard InChI is InChI=1S/C23H26N2O2/c1-17(15-23(27)18-9-3-2-4-10-18)25-21-13-7-6-12-20(21)24-16-19-11-5-8-14-22(19)26/h2-5,8-11,14-16,20-21,25-26H,6-7,12-13H2,1H3/b17-15+,24-16?/t20-,21-/m1/s1. The van der Waals surface area contributed by atoms with E-state index in [4.69, 9.17) is 4.99 Å². The molecule has 0 saturated heterocycles. The van der Waals surface area contributed by atoms with Gasteiger partial charge in [-0.15, -0.1) is 0 Å². The molecule has 0 unspecified atom stereocenters. The first-order chi connectivity index (χ1) is 13.1. The van der Waals surface area contributed by atoms with Crippen LogP contribution in [-0.2, 0) is 0 Å². The lowest BCUT2D eigenvalue weighted by molar-refractivity contribution is 0.104. The maximum Gasteiger partial charge on any atom is 0.187 e. The van der Waals surface area contributed by atoms with Crippen molar-refractivity contribution in [3.8, 4) is 5.75 Å². The van der Waals surface area contributed by atoms with Crippen LogP contribution in [0.1, 0.15) is 48.5 Å². The number of allylic oxidation sites excluding steroid dienone is 2. The smallest absolute Gasteiger partial charge is 0.187 e. The molecule has 0 aromatic heterocycles. The van der Waals surface area contributed by atoms with Crippen LogP contribution in [0.4, 0.5) is 0 Å². The van der Waals surface area contributed by atoms with Crippen molar-refractivity contribution in [2.45, 2.75) is 44.7 Å². The Labute approximate surface area is 160 Å². The van der Waals surface area contributed by atoms with E-state index in [0.717, 1.165) is 36.9 Å². The number of hydrogen-bond acceptors (Lipinski definition) is 4. The number of carbonyl (C=O) groups is 1. The van der Waals surface area contributed by atoms with Gasteiger partial charge in [-0.3, -0.25) is 9.79 Å². The zero-order valence-corrected chi connectivity index (χ0v) is 15.6. The Hall–Kier alpha value is -2.88. The molecule has 2 aromatic carbocycles. The molecule has 1 aliphatic rings. The number of nitrogens with zero attached hydrogens (tertiary/aromatic N) is 1. The largest absolute Gasteiger partial charge is 0.507 e. The van der Waals surface area contributed by atoms with Gasteiger partial charge in [0.05, 0.1) is 6.04 Å². The Balaban J connectivity index is 1.67. The van der Waals surface area contributed by atoms with Gasteiger partial charge in [0.25, 0.3) is 0 Å². The highest BCUT2D eigenvalue weighted by molar-refractivity contribution is 6.04. The van der Waals surface area contributed by atoms with Crippen molar-refractivity contribution < 1.29 is 9.90 Å². The number of nitrogens with one attached hydrogen (secondary N) is 1. The van der Waals surface area contributed by atoms with E-state index < -0.39 is 0 Å². The van der Waals surface area contributed by atoms with Gasteiger partial charge in [-0.1, -0.05) is 55.3 Å². The third-order valence-corrected chi connectivity index (χ3v) is 4.89. The molecular weight excluding hydrogens is 336 g/mol. The number of phenols is 1. The van der Waals surface area contributed by atoms with Gasteiger partial charge in [0.15, 0.2) is 5.78 Å². The average Bonchev–Trinajstić information content (AvgIpc) is 2.69. The van der Waals surface area contributed by atoms with E-state index in [0.29, 0.717) is 5.56 Å². The van der Waals surface area contributed by atoms with Crippen molar-refractivity contribution in [2.24, 2.45) is 4.99 Å². The Morgan fingerprint density at radius 1 is 1.07 bits per heavy atom. The first-order valence-corrected chi connectivity index (χ1v) is 9.49. The summed E-state index contributed by atoms with van der Waals surface area (Å²) in [6, 6.07) is 16.8. The van der Waals surface area contributed by atoms with Crippen molar-refractivity contribution in [2.75, 3.05) is 0 Å². The molecule has 1 fully saturated rings. The van der Waals surface area contributed by atoms with Crippen LogP contribution in [-0.4, -0.2) is 29.2 Å². The Morgan fingerprint density at radius 2 is 1.78 bits per heavy atom. The molecule has 2 aromatic rings. The van der Waals surface area contributed by atoms with Crippen molar-refractivity contribution in [1.29, 1.82) is 0 Å². The summed E-state index contributed by atoms with van der Waals surface area (Å²) >= 11 is 0. The van der Waals surface area contributed by atoms with Gasteiger partial charge < -0.3 is 10.4 Å². The number of para-hydroxylation sites is 1. The lowest BCUT2D eigenvalue weighted by Crippen LogP contribution is -2.40. The maximum atomic E-state index is 12.4. The van der Waals surface area contributed by atoms with Crippen LogP contribution in [0.3, 0.4) is 0 Å². The molecule has 3 rings (SSSR count). The number of aromatic hydroxyl groups is 1. The van der Waals surface area contributed by atoms with Gasteiger partial charge in [-0.2, -0.15) is 0 Å². The number of ketones is 1. The van der Waals surface area contributed by atoms with E-state index in [9.17, 15) is 9.90 Å². The monoisotopic (exact) mass is 362 g/mol. The SMILES string of the molecule is C/C(=C\C(=O)c1ccccc1)N[C@@H]1CCCC[C@H]1N=Cc1ccccc1O. The summed E-state index contributed by atoms with van der Waals surface area (Å²) in [6.45, 7) is 1.93. The minimum absolute atomic E-state index is 0.00525. The Bertz CT molecular complexity index is 827. The van der Waals surface area contributed by atoms with Crippen LogP contribution >= 0.6 is 0 Å². The van der Waals surface area contributed by atoms with Crippen LogP contribution < -0.4 is 5.32 Å². The summed E-state index contributed by atoms with van der Waals surface area (Å²) < 4.78 is 0. The first kappa shape index (κ1) is 18.9. The number of carbonyl (C=O) groups excluding carboxylic acids is 1. The van der Waals surface area contributed by atoms with Crippen molar-refractivity contribution in [3.63, 3.8) is 0 Å². The van der Waals surface area contributed by atoms with Crippen LogP contribution in [0.15, 0.2) is 71.4 Å². The molecule has 2 N–H and O–H groups in total. The van der Waals surface area contributed by atoms with Crippen LogP contribution in [0.2, 0.25) is 0 Å². The highest BCUT2D eigenvalue weighted by atomic mass is 16.3. The zero-order valence-electron chi connectivity index (χ0n) is 15.6. The lowest BCUT2D eigenvalue weighted by atomic mass is 9.90. The minimum Gasteiger partial charge on any atom is -0.507 e. The molecule has 0 amide bonds. The third kappa shape index (κ3) is 5.30. The fraction of sp³-hybridized carbons (Fsp3) is 0.304. The van der Waals surface area contributed by atoms with Gasteiger partial charge in [0.1, 0.15) is 5.75 Å².